The normalized spacial score (nSPS) is 21.6. The number of nitrogens with two attached hydrogens (primary N) is 1. The monoisotopic (exact) mass is 497 g/mol. The maximum Gasteiger partial charge on any atom is 0.251 e. The molecule has 176 valence electrons. The van der Waals surface area contributed by atoms with E-state index in [9.17, 15) is 26.8 Å². The van der Waals surface area contributed by atoms with Crippen LogP contribution in [0.5, 0.6) is 0 Å². The molecule has 1 fully saturated rings. The Labute approximate surface area is 194 Å². The Morgan fingerprint density at radius 2 is 1.85 bits per heavy atom. The van der Waals surface area contributed by atoms with E-state index in [-0.39, 0.29) is 48.0 Å². The number of carbonyl (C=O) groups excluding carboxylic acids is 2. The fourth-order valence-electron chi connectivity index (χ4n) is 4.05. The average Bonchev–Trinajstić information content (AvgIpc) is 2.80. The quantitative estimate of drug-likeness (QED) is 0.660. The molecule has 1 heterocycles. The first-order valence-electron chi connectivity index (χ1n) is 10.3. The molecule has 2 aromatic carbocycles. The highest BCUT2D eigenvalue weighted by molar-refractivity contribution is 7.91. The van der Waals surface area contributed by atoms with Gasteiger partial charge in [0.1, 0.15) is 0 Å². The lowest BCUT2D eigenvalue weighted by Gasteiger charge is -2.34. The van der Waals surface area contributed by atoms with Gasteiger partial charge in [-0.15, -0.1) is 0 Å². The molecule has 4 rings (SSSR count). The van der Waals surface area contributed by atoms with Crippen molar-refractivity contribution in [3.05, 3.63) is 58.6 Å². The van der Waals surface area contributed by atoms with Crippen LogP contribution in [-0.4, -0.2) is 44.5 Å². The fraction of sp³-hybridized carbons (Fsp3) is 0.364. The summed E-state index contributed by atoms with van der Waals surface area (Å²) >= 11 is 5.92. The number of sulfone groups is 1. The Balaban J connectivity index is 1.65. The van der Waals surface area contributed by atoms with E-state index in [2.05, 4.69) is 5.32 Å². The van der Waals surface area contributed by atoms with Crippen molar-refractivity contribution in [1.82, 2.24) is 5.32 Å². The summed E-state index contributed by atoms with van der Waals surface area (Å²) in [7, 11) is -3.89. The van der Waals surface area contributed by atoms with Crippen LogP contribution in [0.15, 0.2) is 47.4 Å². The lowest BCUT2D eigenvalue weighted by Crippen LogP contribution is -2.45. The van der Waals surface area contributed by atoms with Crippen LogP contribution in [0.2, 0.25) is 5.02 Å². The summed E-state index contributed by atoms with van der Waals surface area (Å²) in [5.74, 6) is -4.70. The Morgan fingerprint density at radius 1 is 1.18 bits per heavy atom. The first-order chi connectivity index (χ1) is 15.4. The molecule has 1 saturated carbocycles. The molecule has 1 aliphatic heterocycles. The summed E-state index contributed by atoms with van der Waals surface area (Å²) in [6.07, 6.45) is -0.562. The van der Waals surface area contributed by atoms with Crippen LogP contribution in [0.25, 0.3) is 0 Å². The third-order valence-corrected chi connectivity index (χ3v) is 7.87. The van der Waals surface area contributed by atoms with Gasteiger partial charge in [0.15, 0.2) is 9.84 Å². The molecule has 0 radical (unpaired) electrons. The number of hydrogen-bond donors (Lipinski definition) is 2. The maximum atomic E-state index is 13.0. The van der Waals surface area contributed by atoms with Crippen molar-refractivity contribution in [2.45, 2.75) is 36.2 Å². The van der Waals surface area contributed by atoms with Crippen molar-refractivity contribution in [1.29, 1.82) is 0 Å². The second kappa shape index (κ2) is 8.66. The molecule has 0 spiro atoms. The van der Waals surface area contributed by atoms with Crippen molar-refractivity contribution < 1.29 is 26.8 Å². The number of amides is 2. The number of benzene rings is 2. The molecule has 1 atom stereocenters. The van der Waals surface area contributed by atoms with Gasteiger partial charge in [0.05, 0.1) is 28.9 Å². The first kappa shape index (κ1) is 23.6. The van der Waals surface area contributed by atoms with Gasteiger partial charge in [0, 0.05) is 30.0 Å². The molecular formula is C22H22ClF2N3O4S. The molecule has 2 aliphatic rings. The van der Waals surface area contributed by atoms with E-state index in [0.717, 1.165) is 0 Å². The molecule has 1 aliphatic carbocycles. The van der Waals surface area contributed by atoms with Crippen molar-refractivity contribution >= 4 is 38.9 Å². The van der Waals surface area contributed by atoms with Crippen LogP contribution in [0.3, 0.4) is 0 Å². The lowest BCUT2D eigenvalue weighted by atomic mass is 9.81. The van der Waals surface area contributed by atoms with Gasteiger partial charge in [-0.2, -0.15) is 0 Å². The summed E-state index contributed by atoms with van der Waals surface area (Å²) in [6.45, 7) is 0.108. The average molecular weight is 498 g/mol. The fourth-order valence-corrected chi connectivity index (χ4v) is 5.74. The second-order valence-electron chi connectivity index (χ2n) is 8.46. The molecule has 0 aromatic heterocycles. The number of halogens is 3. The Kier molecular flexibility index (Phi) is 6.19. The second-order valence-corrected chi connectivity index (χ2v) is 10.9. The molecule has 2 aromatic rings. The van der Waals surface area contributed by atoms with Crippen LogP contribution >= 0.6 is 11.6 Å². The number of hydrogen-bond acceptors (Lipinski definition) is 5. The molecule has 3 N–H and O–H groups in total. The zero-order valence-electron chi connectivity index (χ0n) is 17.4. The standard InChI is InChI=1S/C22H22ClF2N3O4S/c23-16-4-1-13(2-5-16)11-28-18-7-15(20(29)27-10-14-8-22(24,25)9-14)3-6-19(18)33(31,32)12-17(26)21(28)30/h1-7,14,17H,8-12,26H2,(H,27,29)/t17-/m0/s1. The number of nitrogens with one attached hydrogen (secondary N) is 1. The zero-order valence-corrected chi connectivity index (χ0v) is 19.0. The molecule has 7 nitrogen and oxygen atoms in total. The van der Waals surface area contributed by atoms with Crippen molar-refractivity contribution in [2.75, 3.05) is 17.2 Å². The lowest BCUT2D eigenvalue weighted by molar-refractivity contribution is -0.119. The van der Waals surface area contributed by atoms with Gasteiger partial charge in [-0.25, -0.2) is 17.2 Å². The van der Waals surface area contributed by atoms with Crippen molar-refractivity contribution in [3.63, 3.8) is 0 Å². The topological polar surface area (TPSA) is 110 Å². The summed E-state index contributed by atoms with van der Waals surface area (Å²) < 4.78 is 51.7. The van der Waals surface area contributed by atoms with Crippen LogP contribution in [0.4, 0.5) is 14.5 Å². The van der Waals surface area contributed by atoms with E-state index in [4.69, 9.17) is 17.3 Å². The van der Waals surface area contributed by atoms with Crippen LogP contribution in [0, 0.1) is 5.92 Å². The van der Waals surface area contributed by atoms with Gasteiger partial charge >= 0.3 is 0 Å². The van der Waals surface area contributed by atoms with Gasteiger partial charge in [-0.3, -0.25) is 9.59 Å². The Morgan fingerprint density at radius 3 is 2.48 bits per heavy atom. The number of alkyl halides is 2. The smallest absolute Gasteiger partial charge is 0.251 e. The molecule has 33 heavy (non-hydrogen) atoms. The van der Waals surface area contributed by atoms with Gasteiger partial charge in [-0.1, -0.05) is 23.7 Å². The maximum absolute atomic E-state index is 13.0. The Hall–Kier alpha value is -2.56. The van der Waals surface area contributed by atoms with E-state index in [0.29, 0.717) is 10.6 Å². The molecule has 0 saturated heterocycles. The predicted molar refractivity (Wildman–Crippen MR) is 119 cm³/mol. The number of nitrogens with zero attached hydrogens (tertiary/aromatic N) is 1. The van der Waals surface area contributed by atoms with Gasteiger partial charge in [0.25, 0.3) is 5.91 Å². The number of fused-ring (bicyclic) bond motifs is 1. The first-order valence-corrected chi connectivity index (χ1v) is 12.3. The number of carbonyl (C=O) groups is 2. The highest BCUT2D eigenvalue weighted by Gasteiger charge is 2.45. The van der Waals surface area contributed by atoms with Crippen molar-refractivity contribution in [3.8, 4) is 0 Å². The minimum Gasteiger partial charge on any atom is -0.352 e. The largest absolute Gasteiger partial charge is 0.352 e. The number of anilines is 1. The van der Waals surface area contributed by atoms with E-state index < -0.39 is 39.4 Å². The van der Waals surface area contributed by atoms with E-state index in [1.165, 1.54) is 23.1 Å². The summed E-state index contributed by atoms with van der Waals surface area (Å²) in [5.41, 5.74) is 6.74. The van der Waals surface area contributed by atoms with Gasteiger partial charge < -0.3 is 16.0 Å². The Bertz CT molecular complexity index is 1200. The van der Waals surface area contributed by atoms with Crippen molar-refractivity contribution in [2.24, 2.45) is 11.7 Å². The summed E-state index contributed by atoms with van der Waals surface area (Å²) in [4.78, 5) is 26.8. The summed E-state index contributed by atoms with van der Waals surface area (Å²) in [6, 6.07) is 9.35. The third-order valence-electron chi connectivity index (χ3n) is 5.81. The van der Waals surface area contributed by atoms with Crippen LogP contribution < -0.4 is 16.0 Å². The van der Waals surface area contributed by atoms with E-state index in [1.807, 2.05) is 0 Å². The highest BCUT2D eigenvalue weighted by atomic mass is 35.5. The number of rotatable bonds is 5. The minimum atomic E-state index is -3.89. The molecule has 11 heteroatoms. The van der Waals surface area contributed by atoms with Gasteiger partial charge in [0.2, 0.25) is 11.8 Å². The third kappa shape index (κ3) is 5.02. The summed E-state index contributed by atoms with van der Waals surface area (Å²) in [5, 5.41) is 3.11. The highest BCUT2D eigenvalue weighted by Crippen LogP contribution is 2.42. The van der Waals surface area contributed by atoms with E-state index >= 15 is 0 Å². The van der Waals surface area contributed by atoms with E-state index in [1.54, 1.807) is 24.3 Å². The minimum absolute atomic E-state index is 0.0223. The van der Waals surface area contributed by atoms with Crippen LogP contribution in [0.1, 0.15) is 28.8 Å². The SMILES string of the molecule is N[C@H]1CS(=O)(=O)c2ccc(C(=O)NCC3CC(F)(F)C3)cc2N(Cc2ccc(Cl)cc2)C1=O. The molecule has 2 amide bonds. The molecule has 0 bridgehead atoms. The predicted octanol–water partition coefficient (Wildman–Crippen LogP) is 2.76. The molecule has 0 unspecified atom stereocenters. The van der Waals surface area contributed by atoms with Crippen LogP contribution in [-0.2, 0) is 21.2 Å². The zero-order chi connectivity index (χ0) is 24.0. The molecular weight excluding hydrogens is 476 g/mol. The van der Waals surface area contributed by atoms with Gasteiger partial charge in [-0.05, 0) is 41.8 Å².